The first-order chi connectivity index (χ1) is 8.78. The van der Waals surface area contributed by atoms with Gasteiger partial charge in [-0.05, 0) is 19.1 Å². The lowest BCUT2D eigenvalue weighted by Gasteiger charge is -2.36. The average molecular weight is 248 g/mol. The molecular formula is C13H16N2O3. The summed E-state index contributed by atoms with van der Waals surface area (Å²) in [5.41, 5.74) is 0.833. The van der Waals surface area contributed by atoms with Crippen LogP contribution in [0.15, 0.2) is 29.0 Å². The van der Waals surface area contributed by atoms with Crippen LogP contribution in [0.5, 0.6) is 0 Å². The van der Waals surface area contributed by atoms with Gasteiger partial charge in [0.2, 0.25) is 0 Å². The number of hydrogen-bond acceptors (Lipinski definition) is 5. The fourth-order valence-electron chi connectivity index (χ4n) is 2.45. The summed E-state index contributed by atoms with van der Waals surface area (Å²) in [4.78, 5) is 6.58. The summed E-state index contributed by atoms with van der Waals surface area (Å²) in [6.07, 6.45) is 3.34. The molecule has 0 amide bonds. The van der Waals surface area contributed by atoms with Crippen LogP contribution in [0.25, 0.3) is 11.0 Å². The maximum absolute atomic E-state index is 9.26. The van der Waals surface area contributed by atoms with Gasteiger partial charge in [-0.3, -0.25) is 0 Å². The third-order valence-corrected chi connectivity index (χ3v) is 3.19. The number of hydrogen-bond donors (Lipinski definition) is 1. The van der Waals surface area contributed by atoms with Crippen molar-refractivity contribution in [3.8, 4) is 0 Å². The van der Waals surface area contributed by atoms with Gasteiger partial charge in [-0.2, -0.15) is 0 Å². The number of rotatable bonds is 2. The van der Waals surface area contributed by atoms with Crippen molar-refractivity contribution in [2.75, 3.05) is 24.6 Å². The Morgan fingerprint density at radius 3 is 3.17 bits per heavy atom. The van der Waals surface area contributed by atoms with Crippen molar-refractivity contribution < 1.29 is 14.3 Å². The monoisotopic (exact) mass is 248 g/mol. The summed E-state index contributed by atoms with van der Waals surface area (Å²) in [7, 11) is 0. The number of morpholine rings is 1. The largest absolute Gasteiger partial charge is 0.464 e. The molecule has 1 N–H and O–H groups in total. The number of fused-ring (bicyclic) bond motifs is 1. The Morgan fingerprint density at radius 1 is 1.44 bits per heavy atom. The summed E-state index contributed by atoms with van der Waals surface area (Å²) >= 11 is 0. The van der Waals surface area contributed by atoms with Crippen molar-refractivity contribution in [1.29, 1.82) is 0 Å². The molecule has 0 radical (unpaired) electrons. The standard InChI is InChI=1S/C13H16N2O3/c1-9-6-15(7-10(8-16)18-9)13-11-3-5-17-12(11)2-4-14-13/h2-5,9-10,16H,6-8H2,1H3. The van der Waals surface area contributed by atoms with E-state index in [2.05, 4.69) is 9.88 Å². The predicted molar refractivity (Wildman–Crippen MR) is 67.6 cm³/mol. The van der Waals surface area contributed by atoms with E-state index in [1.54, 1.807) is 12.5 Å². The van der Waals surface area contributed by atoms with E-state index in [0.717, 1.165) is 23.3 Å². The Labute approximate surface area is 105 Å². The second kappa shape index (κ2) is 4.59. The van der Waals surface area contributed by atoms with E-state index >= 15 is 0 Å². The van der Waals surface area contributed by atoms with Crippen LogP contribution in [0.1, 0.15) is 6.92 Å². The van der Waals surface area contributed by atoms with Crippen LogP contribution in [-0.4, -0.2) is 42.0 Å². The fourth-order valence-corrected chi connectivity index (χ4v) is 2.45. The first-order valence-electron chi connectivity index (χ1n) is 6.11. The predicted octanol–water partition coefficient (Wildman–Crippen LogP) is 1.41. The normalized spacial score (nSPS) is 24.7. The second-order valence-corrected chi connectivity index (χ2v) is 4.62. The van der Waals surface area contributed by atoms with Crippen LogP contribution < -0.4 is 4.90 Å². The van der Waals surface area contributed by atoms with Gasteiger partial charge in [-0.15, -0.1) is 0 Å². The fraction of sp³-hybridized carbons (Fsp3) is 0.462. The highest BCUT2D eigenvalue weighted by molar-refractivity contribution is 5.88. The Morgan fingerprint density at radius 2 is 2.33 bits per heavy atom. The van der Waals surface area contributed by atoms with Gasteiger partial charge in [0.25, 0.3) is 0 Å². The number of furan rings is 1. The van der Waals surface area contributed by atoms with E-state index in [4.69, 9.17) is 9.15 Å². The van der Waals surface area contributed by atoms with Gasteiger partial charge < -0.3 is 19.2 Å². The lowest BCUT2D eigenvalue weighted by molar-refractivity contribution is -0.0422. The molecule has 18 heavy (non-hydrogen) atoms. The number of aliphatic hydroxyl groups excluding tert-OH is 1. The van der Waals surface area contributed by atoms with Crippen LogP contribution in [0.4, 0.5) is 5.82 Å². The molecule has 0 saturated carbocycles. The molecular weight excluding hydrogens is 232 g/mol. The maximum Gasteiger partial charge on any atom is 0.139 e. The molecule has 5 nitrogen and oxygen atoms in total. The first kappa shape index (κ1) is 11.5. The van der Waals surface area contributed by atoms with Gasteiger partial charge in [0.1, 0.15) is 11.4 Å². The Kier molecular flexibility index (Phi) is 2.93. The molecule has 0 bridgehead atoms. The minimum atomic E-state index is -0.155. The van der Waals surface area contributed by atoms with Crippen LogP contribution in [-0.2, 0) is 4.74 Å². The molecule has 3 rings (SSSR count). The number of pyridine rings is 1. The minimum Gasteiger partial charge on any atom is -0.464 e. The molecule has 5 heteroatoms. The van der Waals surface area contributed by atoms with Crippen LogP contribution in [0.3, 0.4) is 0 Å². The SMILES string of the molecule is CC1CN(c2nccc3occc23)CC(CO)O1. The molecule has 2 unspecified atom stereocenters. The average Bonchev–Trinajstić information content (AvgIpc) is 2.85. The minimum absolute atomic E-state index is 0.0300. The molecule has 1 aliphatic heterocycles. The third-order valence-electron chi connectivity index (χ3n) is 3.19. The molecule has 0 aliphatic carbocycles. The Balaban J connectivity index is 1.96. The van der Waals surface area contributed by atoms with Crippen molar-refractivity contribution in [3.05, 3.63) is 24.6 Å². The number of ether oxygens (including phenoxy) is 1. The van der Waals surface area contributed by atoms with Crippen LogP contribution in [0.2, 0.25) is 0 Å². The molecule has 96 valence electrons. The lowest BCUT2D eigenvalue weighted by Crippen LogP contribution is -2.48. The van der Waals surface area contributed by atoms with Crippen molar-refractivity contribution >= 4 is 16.8 Å². The summed E-state index contributed by atoms with van der Waals surface area (Å²) < 4.78 is 11.0. The molecule has 1 saturated heterocycles. The summed E-state index contributed by atoms with van der Waals surface area (Å²) in [5, 5.41) is 10.3. The van der Waals surface area contributed by atoms with Crippen molar-refractivity contribution in [1.82, 2.24) is 4.98 Å². The van der Waals surface area contributed by atoms with Crippen LogP contribution in [0, 0.1) is 0 Å². The van der Waals surface area contributed by atoms with E-state index < -0.39 is 0 Å². The van der Waals surface area contributed by atoms with Crippen molar-refractivity contribution in [2.24, 2.45) is 0 Å². The first-order valence-corrected chi connectivity index (χ1v) is 6.11. The van der Waals surface area contributed by atoms with Gasteiger partial charge >= 0.3 is 0 Å². The zero-order valence-electron chi connectivity index (χ0n) is 10.2. The second-order valence-electron chi connectivity index (χ2n) is 4.62. The van der Waals surface area contributed by atoms with Gasteiger partial charge in [-0.25, -0.2) is 4.98 Å². The van der Waals surface area contributed by atoms with E-state index in [1.807, 2.05) is 19.1 Å². The smallest absolute Gasteiger partial charge is 0.139 e. The molecule has 1 fully saturated rings. The van der Waals surface area contributed by atoms with E-state index in [-0.39, 0.29) is 18.8 Å². The highest BCUT2D eigenvalue weighted by Crippen LogP contribution is 2.27. The van der Waals surface area contributed by atoms with Gasteiger partial charge in [0, 0.05) is 19.3 Å². The van der Waals surface area contributed by atoms with Gasteiger partial charge in [0.15, 0.2) is 0 Å². The lowest BCUT2D eigenvalue weighted by atomic mass is 10.2. The molecule has 0 aromatic carbocycles. The Bertz CT molecular complexity index is 540. The van der Waals surface area contributed by atoms with E-state index in [0.29, 0.717) is 6.54 Å². The summed E-state index contributed by atoms with van der Waals surface area (Å²) in [6, 6.07) is 3.78. The number of aromatic nitrogens is 1. The van der Waals surface area contributed by atoms with E-state index in [9.17, 15) is 5.11 Å². The molecule has 1 aliphatic rings. The molecule has 2 aromatic rings. The van der Waals surface area contributed by atoms with Crippen molar-refractivity contribution in [3.63, 3.8) is 0 Å². The van der Waals surface area contributed by atoms with Gasteiger partial charge in [0.05, 0.1) is 30.5 Å². The number of anilines is 1. The number of aliphatic hydroxyl groups is 1. The quantitative estimate of drug-likeness (QED) is 0.870. The topological polar surface area (TPSA) is 58.7 Å². The van der Waals surface area contributed by atoms with Crippen LogP contribution >= 0.6 is 0 Å². The summed E-state index contributed by atoms with van der Waals surface area (Å²) in [5.74, 6) is 0.898. The highest BCUT2D eigenvalue weighted by Gasteiger charge is 2.26. The maximum atomic E-state index is 9.26. The molecule has 3 heterocycles. The van der Waals surface area contributed by atoms with Gasteiger partial charge in [-0.1, -0.05) is 0 Å². The third kappa shape index (κ3) is 1.95. The number of nitrogens with zero attached hydrogens (tertiary/aromatic N) is 2. The molecule has 2 atom stereocenters. The highest BCUT2D eigenvalue weighted by atomic mass is 16.5. The van der Waals surface area contributed by atoms with Crippen molar-refractivity contribution in [2.45, 2.75) is 19.1 Å². The zero-order chi connectivity index (χ0) is 12.5. The summed E-state index contributed by atoms with van der Waals surface area (Å²) in [6.45, 7) is 3.46. The molecule has 2 aromatic heterocycles. The molecule has 0 spiro atoms. The zero-order valence-corrected chi connectivity index (χ0v) is 10.2. The Hall–Kier alpha value is -1.59. The van der Waals surface area contributed by atoms with E-state index in [1.165, 1.54) is 0 Å².